The maximum atomic E-state index is 11.3. The van der Waals surface area contributed by atoms with Crippen molar-refractivity contribution in [2.24, 2.45) is 11.3 Å². The van der Waals surface area contributed by atoms with Gasteiger partial charge in [0.25, 0.3) is 0 Å². The molecular formula is C16H23NO2. The molecule has 3 nitrogen and oxygen atoms in total. The Morgan fingerprint density at radius 1 is 1.26 bits per heavy atom. The van der Waals surface area contributed by atoms with Crippen LogP contribution in [0.2, 0.25) is 0 Å². The number of benzene rings is 1. The molecule has 1 N–H and O–H groups in total. The Labute approximate surface area is 115 Å². The molecule has 3 heteroatoms. The number of carbonyl (C=O) groups is 1. The predicted octanol–water partition coefficient (Wildman–Crippen LogP) is 3.01. The fraction of sp³-hybridized carbons (Fsp3) is 0.562. The summed E-state index contributed by atoms with van der Waals surface area (Å²) in [6.45, 7) is 6.67. The average molecular weight is 261 g/mol. The summed E-state index contributed by atoms with van der Waals surface area (Å²) in [4.78, 5) is 13.7. The number of carboxylic acids is 1. The second-order valence-corrected chi connectivity index (χ2v) is 6.06. The summed E-state index contributed by atoms with van der Waals surface area (Å²) in [7, 11) is 0. The van der Waals surface area contributed by atoms with Crippen molar-refractivity contribution in [2.75, 3.05) is 13.1 Å². The summed E-state index contributed by atoms with van der Waals surface area (Å²) in [5.74, 6) is -0.383. The molecule has 1 aromatic carbocycles. The van der Waals surface area contributed by atoms with Crippen molar-refractivity contribution < 1.29 is 9.90 Å². The number of rotatable bonds is 4. The molecule has 0 amide bonds. The van der Waals surface area contributed by atoms with Crippen LogP contribution in [0, 0.1) is 11.3 Å². The second kappa shape index (κ2) is 5.74. The van der Waals surface area contributed by atoms with Gasteiger partial charge < -0.3 is 5.11 Å². The summed E-state index contributed by atoms with van der Waals surface area (Å²) >= 11 is 0. The Bertz CT molecular complexity index is 420. The first-order chi connectivity index (χ1) is 9.00. The van der Waals surface area contributed by atoms with Crippen molar-refractivity contribution in [3.63, 3.8) is 0 Å². The van der Waals surface area contributed by atoms with Gasteiger partial charge in [-0.1, -0.05) is 30.3 Å². The highest BCUT2D eigenvalue weighted by Gasteiger charge is 2.38. The highest BCUT2D eigenvalue weighted by molar-refractivity contribution is 5.74. The summed E-state index contributed by atoms with van der Waals surface area (Å²) in [5.41, 5.74) is 0.734. The number of nitrogens with zero attached hydrogens (tertiary/aromatic N) is 1. The molecule has 1 aliphatic rings. The van der Waals surface area contributed by atoms with E-state index in [0.29, 0.717) is 0 Å². The summed E-state index contributed by atoms with van der Waals surface area (Å²) in [5, 5.41) is 9.28. The Balaban J connectivity index is 1.88. The largest absolute Gasteiger partial charge is 0.481 e. The van der Waals surface area contributed by atoms with Crippen LogP contribution in [0.4, 0.5) is 0 Å². The Morgan fingerprint density at radius 3 is 2.37 bits per heavy atom. The molecule has 1 heterocycles. The first-order valence-electron chi connectivity index (χ1n) is 7.00. The van der Waals surface area contributed by atoms with Gasteiger partial charge in [0.2, 0.25) is 0 Å². The topological polar surface area (TPSA) is 40.5 Å². The number of hydrogen-bond acceptors (Lipinski definition) is 2. The van der Waals surface area contributed by atoms with Gasteiger partial charge in [0.1, 0.15) is 0 Å². The monoisotopic (exact) mass is 261 g/mol. The first kappa shape index (κ1) is 14.1. The van der Waals surface area contributed by atoms with Crippen LogP contribution in [0.25, 0.3) is 0 Å². The molecule has 1 aromatic rings. The predicted molar refractivity (Wildman–Crippen MR) is 75.9 cm³/mol. The van der Waals surface area contributed by atoms with Crippen LogP contribution in [0.3, 0.4) is 0 Å². The summed E-state index contributed by atoms with van der Waals surface area (Å²) in [6, 6.07) is 10.5. The molecule has 2 rings (SSSR count). The lowest BCUT2D eigenvalue weighted by atomic mass is 9.74. The van der Waals surface area contributed by atoms with E-state index in [1.807, 2.05) is 19.9 Å². The average Bonchev–Trinajstić information content (AvgIpc) is 2.40. The number of aliphatic carboxylic acids is 1. The maximum Gasteiger partial charge on any atom is 0.309 e. The van der Waals surface area contributed by atoms with Gasteiger partial charge in [0.05, 0.1) is 5.41 Å². The van der Waals surface area contributed by atoms with Gasteiger partial charge >= 0.3 is 5.97 Å². The molecule has 0 spiro atoms. The van der Waals surface area contributed by atoms with Crippen LogP contribution < -0.4 is 0 Å². The number of carboxylic acid groups (broad SMARTS) is 1. The highest BCUT2D eigenvalue weighted by atomic mass is 16.4. The number of hydrogen-bond donors (Lipinski definition) is 1. The Morgan fingerprint density at radius 2 is 1.84 bits per heavy atom. The minimum atomic E-state index is -0.672. The molecule has 104 valence electrons. The normalized spacial score (nSPS) is 18.4. The Kier molecular flexibility index (Phi) is 4.25. The molecule has 1 fully saturated rings. The van der Waals surface area contributed by atoms with E-state index in [4.69, 9.17) is 0 Å². The van der Waals surface area contributed by atoms with Gasteiger partial charge in [-0.3, -0.25) is 9.69 Å². The quantitative estimate of drug-likeness (QED) is 0.905. The SMILES string of the molecule is CC(C)(C(=O)O)C1CCN(Cc2ccccc2)CC1. The third kappa shape index (κ3) is 3.35. The van der Waals surface area contributed by atoms with Gasteiger partial charge in [-0.05, 0) is 51.3 Å². The van der Waals surface area contributed by atoms with Crippen molar-refractivity contribution in [1.29, 1.82) is 0 Å². The van der Waals surface area contributed by atoms with E-state index in [0.717, 1.165) is 32.5 Å². The smallest absolute Gasteiger partial charge is 0.309 e. The molecule has 0 aromatic heterocycles. The minimum absolute atomic E-state index is 0.289. The van der Waals surface area contributed by atoms with Crippen LogP contribution in [-0.4, -0.2) is 29.1 Å². The zero-order valence-electron chi connectivity index (χ0n) is 11.8. The molecule has 0 aliphatic carbocycles. The zero-order valence-corrected chi connectivity index (χ0v) is 11.8. The number of likely N-dealkylation sites (tertiary alicyclic amines) is 1. The molecular weight excluding hydrogens is 238 g/mol. The van der Waals surface area contributed by atoms with E-state index in [2.05, 4.69) is 29.2 Å². The van der Waals surface area contributed by atoms with Crippen molar-refractivity contribution >= 4 is 5.97 Å². The lowest BCUT2D eigenvalue weighted by Gasteiger charge is -2.38. The molecule has 19 heavy (non-hydrogen) atoms. The molecule has 0 radical (unpaired) electrons. The van der Waals surface area contributed by atoms with E-state index in [9.17, 15) is 9.90 Å². The van der Waals surface area contributed by atoms with Gasteiger partial charge in [-0.2, -0.15) is 0 Å². The minimum Gasteiger partial charge on any atom is -0.481 e. The molecule has 0 atom stereocenters. The van der Waals surface area contributed by atoms with Crippen LogP contribution in [0.15, 0.2) is 30.3 Å². The van der Waals surface area contributed by atoms with Crippen LogP contribution >= 0.6 is 0 Å². The third-order valence-electron chi connectivity index (χ3n) is 4.41. The van der Waals surface area contributed by atoms with Crippen molar-refractivity contribution in [1.82, 2.24) is 4.90 Å². The van der Waals surface area contributed by atoms with Crippen molar-refractivity contribution in [2.45, 2.75) is 33.2 Å². The van der Waals surface area contributed by atoms with Gasteiger partial charge in [0.15, 0.2) is 0 Å². The first-order valence-corrected chi connectivity index (χ1v) is 7.00. The lowest BCUT2D eigenvalue weighted by molar-refractivity contribution is -0.151. The van der Waals surface area contributed by atoms with Gasteiger partial charge in [-0.15, -0.1) is 0 Å². The second-order valence-electron chi connectivity index (χ2n) is 6.06. The number of piperidine rings is 1. The summed E-state index contributed by atoms with van der Waals surface area (Å²) < 4.78 is 0. The van der Waals surface area contributed by atoms with Gasteiger partial charge in [0, 0.05) is 6.54 Å². The molecule has 0 bridgehead atoms. The fourth-order valence-corrected chi connectivity index (χ4v) is 2.83. The molecule has 0 saturated carbocycles. The van der Waals surface area contributed by atoms with E-state index >= 15 is 0 Å². The van der Waals surface area contributed by atoms with Crippen LogP contribution in [-0.2, 0) is 11.3 Å². The van der Waals surface area contributed by atoms with E-state index in [1.54, 1.807) is 0 Å². The van der Waals surface area contributed by atoms with E-state index in [-0.39, 0.29) is 5.92 Å². The fourth-order valence-electron chi connectivity index (χ4n) is 2.83. The van der Waals surface area contributed by atoms with Crippen LogP contribution in [0.5, 0.6) is 0 Å². The lowest BCUT2D eigenvalue weighted by Crippen LogP contribution is -2.41. The van der Waals surface area contributed by atoms with Crippen molar-refractivity contribution in [3.8, 4) is 0 Å². The maximum absolute atomic E-state index is 11.3. The molecule has 1 saturated heterocycles. The van der Waals surface area contributed by atoms with Crippen molar-refractivity contribution in [3.05, 3.63) is 35.9 Å². The zero-order chi connectivity index (χ0) is 13.9. The summed E-state index contributed by atoms with van der Waals surface area (Å²) in [6.07, 6.45) is 1.96. The van der Waals surface area contributed by atoms with Gasteiger partial charge in [-0.25, -0.2) is 0 Å². The highest BCUT2D eigenvalue weighted by Crippen LogP contribution is 2.35. The third-order valence-corrected chi connectivity index (χ3v) is 4.41. The van der Waals surface area contributed by atoms with Crippen LogP contribution in [0.1, 0.15) is 32.3 Å². The molecule has 1 aliphatic heterocycles. The van der Waals surface area contributed by atoms with E-state index < -0.39 is 11.4 Å². The van der Waals surface area contributed by atoms with E-state index in [1.165, 1.54) is 5.56 Å². The molecule has 0 unspecified atom stereocenters. The Hall–Kier alpha value is -1.35. The standard InChI is InChI=1S/C16H23NO2/c1-16(2,15(18)19)14-8-10-17(11-9-14)12-13-6-4-3-5-7-13/h3-7,14H,8-12H2,1-2H3,(H,18,19).